The van der Waals surface area contributed by atoms with Gasteiger partial charge in [-0.1, -0.05) is 45.0 Å². The Kier molecular flexibility index (Phi) is 4.42. The minimum Gasteiger partial charge on any atom is -0.381 e. The highest BCUT2D eigenvalue weighted by Crippen LogP contribution is 2.31. The van der Waals surface area contributed by atoms with Crippen LogP contribution in [0.25, 0.3) is 11.3 Å². The fourth-order valence-corrected chi connectivity index (χ4v) is 3.97. The van der Waals surface area contributed by atoms with Gasteiger partial charge in [-0.05, 0) is 23.3 Å². The van der Waals surface area contributed by atoms with Gasteiger partial charge < -0.3 is 4.74 Å². The minimum atomic E-state index is 0.184. The molecule has 2 aliphatic heterocycles. The van der Waals surface area contributed by atoms with Gasteiger partial charge in [-0.2, -0.15) is 5.10 Å². The van der Waals surface area contributed by atoms with Gasteiger partial charge in [0.05, 0.1) is 12.3 Å². The molecule has 0 aliphatic carbocycles. The summed E-state index contributed by atoms with van der Waals surface area (Å²) in [6.45, 7) is 11.9. The third-order valence-corrected chi connectivity index (χ3v) is 5.58. The van der Waals surface area contributed by atoms with Crippen molar-refractivity contribution in [2.75, 3.05) is 26.3 Å². The lowest BCUT2D eigenvalue weighted by molar-refractivity contribution is 0.162. The molecule has 4 heteroatoms. The molecule has 0 amide bonds. The molecule has 0 bridgehead atoms. The lowest BCUT2D eigenvalue weighted by Gasteiger charge is -2.29. The van der Waals surface area contributed by atoms with E-state index >= 15 is 0 Å². The molecular weight excluding hydrogens is 310 g/mol. The molecule has 0 saturated carbocycles. The summed E-state index contributed by atoms with van der Waals surface area (Å²) >= 11 is 0. The number of rotatable bonds is 3. The largest absolute Gasteiger partial charge is 0.381 e. The molecule has 25 heavy (non-hydrogen) atoms. The van der Waals surface area contributed by atoms with Crippen molar-refractivity contribution in [3.8, 4) is 11.3 Å². The second-order valence-corrected chi connectivity index (χ2v) is 8.57. The van der Waals surface area contributed by atoms with Crippen molar-refractivity contribution >= 4 is 0 Å². The number of hydrogen-bond donors (Lipinski definition) is 1. The van der Waals surface area contributed by atoms with Crippen molar-refractivity contribution in [1.29, 1.82) is 0 Å². The summed E-state index contributed by atoms with van der Waals surface area (Å²) in [5.74, 6) is 0.697. The monoisotopic (exact) mass is 339 g/mol. The lowest BCUT2D eigenvalue weighted by atomic mass is 9.86. The number of nitrogens with one attached hydrogen (secondary N) is 1. The Morgan fingerprint density at radius 3 is 2.72 bits per heavy atom. The van der Waals surface area contributed by atoms with E-state index in [9.17, 15) is 0 Å². The highest BCUT2D eigenvalue weighted by atomic mass is 16.5. The van der Waals surface area contributed by atoms with Crippen LogP contribution in [0.2, 0.25) is 0 Å². The SMILES string of the molecule is CC(C)(C)c1ccc(-c2n[nH]c3c2CN(C[C@H]2CCOC2)CC3)cc1. The standard InChI is InChI=1S/C21H29N3O/c1-21(2,3)17-6-4-16(5-7-17)20-18-13-24(10-8-19(18)22-23-20)12-15-9-11-25-14-15/h4-7,15H,8-14H2,1-3H3,(H,22,23)/t15-/m1/s1. The molecule has 1 saturated heterocycles. The van der Waals surface area contributed by atoms with Crippen molar-refractivity contribution in [1.82, 2.24) is 15.1 Å². The smallest absolute Gasteiger partial charge is 0.0968 e. The van der Waals surface area contributed by atoms with Gasteiger partial charge >= 0.3 is 0 Å². The van der Waals surface area contributed by atoms with Crippen LogP contribution in [0.5, 0.6) is 0 Å². The third kappa shape index (κ3) is 3.51. The normalized spacial score (nSPS) is 21.5. The van der Waals surface area contributed by atoms with Crippen molar-refractivity contribution in [3.63, 3.8) is 0 Å². The van der Waals surface area contributed by atoms with E-state index in [2.05, 4.69) is 60.1 Å². The van der Waals surface area contributed by atoms with Crippen LogP contribution in [0.4, 0.5) is 0 Å². The first-order valence-electron chi connectivity index (χ1n) is 9.48. The van der Waals surface area contributed by atoms with E-state index in [0.717, 1.165) is 45.0 Å². The van der Waals surface area contributed by atoms with Gasteiger partial charge in [-0.25, -0.2) is 0 Å². The zero-order chi connectivity index (χ0) is 17.4. The molecule has 0 spiro atoms. The molecule has 1 fully saturated rings. The van der Waals surface area contributed by atoms with E-state index < -0.39 is 0 Å². The van der Waals surface area contributed by atoms with E-state index in [1.54, 1.807) is 0 Å². The van der Waals surface area contributed by atoms with Crippen molar-refractivity contribution < 1.29 is 4.74 Å². The molecule has 134 valence electrons. The molecule has 1 aromatic heterocycles. The van der Waals surface area contributed by atoms with E-state index in [1.807, 2.05) is 0 Å². The fourth-order valence-electron chi connectivity index (χ4n) is 3.97. The molecule has 2 aromatic rings. The number of benzene rings is 1. The van der Waals surface area contributed by atoms with Crippen molar-refractivity contribution in [2.24, 2.45) is 5.92 Å². The maximum atomic E-state index is 5.54. The summed E-state index contributed by atoms with van der Waals surface area (Å²) in [5.41, 5.74) is 6.59. The van der Waals surface area contributed by atoms with Crippen LogP contribution in [-0.2, 0) is 23.1 Å². The molecule has 1 atom stereocenters. The third-order valence-electron chi connectivity index (χ3n) is 5.58. The van der Waals surface area contributed by atoms with Crippen LogP contribution in [0, 0.1) is 5.92 Å². The number of H-pyrrole nitrogens is 1. The van der Waals surface area contributed by atoms with E-state index in [0.29, 0.717) is 5.92 Å². The molecular formula is C21H29N3O. The molecule has 2 aliphatic rings. The predicted molar refractivity (Wildman–Crippen MR) is 101 cm³/mol. The highest BCUT2D eigenvalue weighted by molar-refractivity contribution is 5.64. The maximum absolute atomic E-state index is 5.54. The Bertz CT molecular complexity index is 721. The van der Waals surface area contributed by atoms with Gasteiger partial charge in [0.15, 0.2) is 0 Å². The second-order valence-electron chi connectivity index (χ2n) is 8.57. The van der Waals surface area contributed by atoms with E-state index in [-0.39, 0.29) is 5.41 Å². The number of fused-ring (bicyclic) bond motifs is 1. The van der Waals surface area contributed by atoms with Crippen LogP contribution in [0.1, 0.15) is 44.0 Å². The molecule has 3 heterocycles. The van der Waals surface area contributed by atoms with Gasteiger partial charge in [-0.3, -0.25) is 10.00 Å². The summed E-state index contributed by atoms with van der Waals surface area (Å²) in [6.07, 6.45) is 2.27. The van der Waals surface area contributed by atoms with Crippen LogP contribution in [0.3, 0.4) is 0 Å². The number of aromatic nitrogens is 2. The zero-order valence-corrected chi connectivity index (χ0v) is 15.6. The quantitative estimate of drug-likeness (QED) is 0.925. The van der Waals surface area contributed by atoms with Crippen LogP contribution < -0.4 is 0 Å². The summed E-state index contributed by atoms with van der Waals surface area (Å²) in [6, 6.07) is 8.93. The average molecular weight is 339 g/mol. The average Bonchev–Trinajstić information content (AvgIpc) is 3.23. The molecule has 4 rings (SSSR count). The van der Waals surface area contributed by atoms with Crippen LogP contribution in [-0.4, -0.2) is 41.4 Å². The summed E-state index contributed by atoms with van der Waals surface area (Å²) in [4.78, 5) is 2.57. The van der Waals surface area contributed by atoms with Gasteiger partial charge in [0.1, 0.15) is 0 Å². The first kappa shape index (κ1) is 16.8. The molecule has 0 radical (unpaired) electrons. The van der Waals surface area contributed by atoms with E-state index in [1.165, 1.54) is 28.8 Å². The maximum Gasteiger partial charge on any atom is 0.0968 e. The number of ether oxygens (including phenoxy) is 1. The first-order chi connectivity index (χ1) is 12.0. The number of hydrogen-bond acceptors (Lipinski definition) is 3. The highest BCUT2D eigenvalue weighted by Gasteiger charge is 2.26. The Balaban J connectivity index is 1.54. The van der Waals surface area contributed by atoms with Gasteiger partial charge in [-0.15, -0.1) is 0 Å². The molecule has 0 unspecified atom stereocenters. The summed E-state index contributed by atoms with van der Waals surface area (Å²) in [7, 11) is 0. The molecule has 1 N–H and O–H groups in total. The molecule has 1 aromatic carbocycles. The topological polar surface area (TPSA) is 41.2 Å². The van der Waals surface area contributed by atoms with Gasteiger partial charge in [0, 0.05) is 49.5 Å². The van der Waals surface area contributed by atoms with Crippen molar-refractivity contribution in [3.05, 3.63) is 41.1 Å². The Hall–Kier alpha value is -1.65. The second kappa shape index (κ2) is 6.58. The minimum absolute atomic E-state index is 0.184. The lowest BCUT2D eigenvalue weighted by Crippen LogP contribution is -2.34. The summed E-state index contributed by atoms with van der Waals surface area (Å²) in [5, 5.41) is 7.93. The summed E-state index contributed by atoms with van der Waals surface area (Å²) < 4.78 is 5.54. The van der Waals surface area contributed by atoms with E-state index in [4.69, 9.17) is 4.74 Å². The Morgan fingerprint density at radius 2 is 2.04 bits per heavy atom. The molecule has 4 nitrogen and oxygen atoms in total. The van der Waals surface area contributed by atoms with Gasteiger partial charge in [0.25, 0.3) is 0 Å². The number of aromatic amines is 1. The fraction of sp³-hybridized carbons (Fsp3) is 0.571. The number of nitrogens with zero attached hydrogens (tertiary/aromatic N) is 2. The Labute approximate surface area is 150 Å². The zero-order valence-electron chi connectivity index (χ0n) is 15.6. The first-order valence-corrected chi connectivity index (χ1v) is 9.48. The van der Waals surface area contributed by atoms with Crippen molar-refractivity contribution in [2.45, 2.75) is 45.6 Å². The Morgan fingerprint density at radius 1 is 1.24 bits per heavy atom. The van der Waals surface area contributed by atoms with Crippen LogP contribution >= 0.6 is 0 Å². The van der Waals surface area contributed by atoms with Crippen LogP contribution in [0.15, 0.2) is 24.3 Å². The predicted octanol–water partition coefficient (Wildman–Crippen LogP) is 3.77. The van der Waals surface area contributed by atoms with Gasteiger partial charge in [0.2, 0.25) is 0 Å².